The number of anilines is 1. The molecule has 2 amide bonds. The number of halogens is 1. The van der Waals surface area contributed by atoms with Crippen molar-refractivity contribution in [2.45, 2.75) is 38.8 Å². The van der Waals surface area contributed by atoms with Gasteiger partial charge in [0.25, 0.3) is 0 Å². The van der Waals surface area contributed by atoms with Crippen molar-refractivity contribution in [2.75, 3.05) is 4.90 Å². The van der Waals surface area contributed by atoms with Gasteiger partial charge >= 0.3 is 0 Å². The van der Waals surface area contributed by atoms with Gasteiger partial charge in [-0.25, -0.2) is 0 Å². The van der Waals surface area contributed by atoms with Crippen LogP contribution in [0.1, 0.15) is 26.7 Å². The van der Waals surface area contributed by atoms with Gasteiger partial charge in [0.15, 0.2) is 0 Å². The molecule has 1 aliphatic rings. The fourth-order valence-electron chi connectivity index (χ4n) is 2.29. The first-order valence-corrected chi connectivity index (χ1v) is 7.23. The lowest BCUT2D eigenvalue weighted by Crippen LogP contribution is -2.62. The third-order valence-electron chi connectivity index (χ3n) is 3.28. The third kappa shape index (κ3) is 2.81. The zero-order chi connectivity index (χ0) is 14.0. The van der Waals surface area contributed by atoms with E-state index < -0.39 is 12.1 Å². The van der Waals surface area contributed by atoms with Crippen molar-refractivity contribution in [3.05, 3.63) is 28.7 Å². The summed E-state index contributed by atoms with van der Waals surface area (Å²) in [4.78, 5) is 26.0. The highest BCUT2D eigenvalue weighted by molar-refractivity contribution is 9.10. The average Bonchev–Trinajstić information content (AvgIpc) is 2.36. The van der Waals surface area contributed by atoms with Crippen LogP contribution in [0.25, 0.3) is 0 Å². The highest BCUT2D eigenvalue weighted by atomic mass is 79.9. The summed E-state index contributed by atoms with van der Waals surface area (Å²) in [5, 5.41) is 2.79. The monoisotopic (exact) mass is 324 g/mol. The lowest BCUT2D eigenvalue weighted by atomic mass is 10.0. The van der Waals surface area contributed by atoms with E-state index in [4.69, 9.17) is 0 Å². The second-order valence-electron chi connectivity index (χ2n) is 4.71. The third-order valence-corrected chi connectivity index (χ3v) is 3.78. The number of nitrogens with one attached hydrogen (secondary N) is 1. The van der Waals surface area contributed by atoms with Crippen LogP contribution in [0.15, 0.2) is 28.7 Å². The normalized spacial score (nSPS) is 23.4. The Hall–Kier alpha value is -1.36. The smallest absolute Gasteiger partial charge is 0.250 e. The lowest BCUT2D eigenvalue weighted by molar-refractivity contribution is -0.133. The minimum atomic E-state index is -0.477. The van der Waals surface area contributed by atoms with Crippen molar-refractivity contribution in [3.63, 3.8) is 0 Å². The van der Waals surface area contributed by atoms with Crippen LogP contribution in [-0.2, 0) is 9.59 Å². The summed E-state index contributed by atoms with van der Waals surface area (Å²) >= 11 is 3.39. The molecule has 5 heteroatoms. The zero-order valence-electron chi connectivity index (χ0n) is 11.0. The Morgan fingerprint density at radius 3 is 2.74 bits per heavy atom. The van der Waals surface area contributed by atoms with Crippen LogP contribution in [0.4, 0.5) is 5.69 Å². The molecule has 2 atom stereocenters. The summed E-state index contributed by atoms with van der Waals surface area (Å²) in [6, 6.07) is 6.58. The topological polar surface area (TPSA) is 49.4 Å². The first-order chi connectivity index (χ1) is 9.04. The van der Waals surface area contributed by atoms with Crippen LogP contribution < -0.4 is 10.2 Å². The molecule has 19 heavy (non-hydrogen) atoms. The molecule has 0 radical (unpaired) electrons. The molecule has 1 heterocycles. The number of hydrogen-bond acceptors (Lipinski definition) is 2. The molecule has 1 N–H and O–H groups in total. The van der Waals surface area contributed by atoms with E-state index in [1.54, 1.807) is 11.8 Å². The van der Waals surface area contributed by atoms with Gasteiger partial charge in [0.05, 0.1) is 0 Å². The molecule has 1 saturated heterocycles. The molecule has 1 aromatic rings. The van der Waals surface area contributed by atoms with Crippen molar-refractivity contribution in [3.8, 4) is 0 Å². The Balaban J connectivity index is 2.35. The minimum Gasteiger partial charge on any atom is -0.342 e. The van der Waals surface area contributed by atoms with Gasteiger partial charge in [-0.3, -0.25) is 14.5 Å². The van der Waals surface area contributed by atoms with Crippen molar-refractivity contribution >= 4 is 33.4 Å². The molecular formula is C14H17BrN2O2. The van der Waals surface area contributed by atoms with E-state index in [1.807, 2.05) is 31.2 Å². The van der Waals surface area contributed by atoms with Gasteiger partial charge < -0.3 is 5.32 Å². The van der Waals surface area contributed by atoms with Crippen LogP contribution in [0.2, 0.25) is 0 Å². The van der Waals surface area contributed by atoms with E-state index in [2.05, 4.69) is 21.2 Å². The van der Waals surface area contributed by atoms with Crippen molar-refractivity contribution in [2.24, 2.45) is 0 Å². The first kappa shape index (κ1) is 14.1. The highest BCUT2D eigenvalue weighted by Gasteiger charge is 2.38. The molecular weight excluding hydrogens is 308 g/mol. The van der Waals surface area contributed by atoms with E-state index in [1.165, 1.54) is 0 Å². The van der Waals surface area contributed by atoms with Gasteiger partial charge in [-0.05, 0) is 31.5 Å². The Morgan fingerprint density at radius 1 is 1.37 bits per heavy atom. The fraction of sp³-hybridized carbons (Fsp3) is 0.429. The molecule has 102 valence electrons. The summed E-state index contributed by atoms with van der Waals surface area (Å²) < 4.78 is 0.892. The highest BCUT2D eigenvalue weighted by Crippen LogP contribution is 2.25. The Morgan fingerprint density at radius 2 is 2.11 bits per heavy atom. The first-order valence-electron chi connectivity index (χ1n) is 6.43. The van der Waals surface area contributed by atoms with E-state index in [-0.39, 0.29) is 11.8 Å². The molecule has 0 saturated carbocycles. The van der Waals surface area contributed by atoms with Gasteiger partial charge in [0, 0.05) is 10.2 Å². The number of hydrogen-bond donors (Lipinski definition) is 1. The number of nitrogens with zero attached hydrogens (tertiary/aromatic N) is 1. The molecule has 4 nitrogen and oxygen atoms in total. The Bertz CT molecular complexity index is 504. The molecule has 0 aliphatic carbocycles. The molecule has 0 spiro atoms. The molecule has 0 bridgehead atoms. The quantitative estimate of drug-likeness (QED) is 0.928. The Labute approximate surface area is 121 Å². The van der Waals surface area contributed by atoms with Crippen LogP contribution in [-0.4, -0.2) is 23.9 Å². The summed E-state index contributed by atoms with van der Waals surface area (Å²) in [6.45, 7) is 3.75. The number of benzene rings is 1. The fourth-order valence-corrected chi connectivity index (χ4v) is 2.68. The second-order valence-corrected chi connectivity index (χ2v) is 5.63. The van der Waals surface area contributed by atoms with E-state index in [9.17, 15) is 9.59 Å². The van der Waals surface area contributed by atoms with Gasteiger partial charge in [0.2, 0.25) is 11.8 Å². The second kappa shape index (κ2) is 5.74. The number of piperazine rings is 1. The summed E-state index contributed by atoms with van der Waals surface area (Å²) in [5.41, 5.74) is 0.753. The average molecular weight is 325 g/mol. The van der Waals surface area contributed by atoms with Gasteiger partial charge in [-0.1, -0.05) is 35.3 Å². The van der Waals surface area contributed by atoms with E-state index in [0.29, 0.717) is 6.42 Å². The maximum Gasteiger partial charge on any atom is 0.250 e. The summed E-state index contributed by atoms with van der Waals surface area (Å²) in [6.07, 6.45) is 1.53. The van der Waals surface area contributed by atoms with Crippen molar-refractivity contribution in [1.82, 2.24) is 5.32 Å². The Kier molecular flexibility index (Phi) is 4.24. The number of carbonyl (C=O) groups is 2. The molecule has 1 fully saturated rings. The molecule has 0 aromatic heterocycles. The van der Waals surface area contributed by atoms with Gasteiger partial charge in [-0.15, -0.1) is 0 Å². The van der Waals surface area contributed by atoms with Crippen LogP contribution >= 0.6 is 15.9 Å². The number of carbonyl (C=O) groups excluding carboxylic acids is 2. The van der Waals surface area contributed by atoms with Crippen molar-refractivity contribution < 1.29 is 9.59 Å². The zero-order valence-corrected chi connectivity index (χ0v) is 12.6. The maximum absolute atomic E-state index is 12.5. The maximum atomic E-state index is 12.5. The molecule has 2 rings (SSSR count). The van der Waals surface area contributed by atoms with Crippen molar-refractivity contribution in [1.29, 1.82) is 0 Å². The summed E-state index contributed by atoms with van der Waals surface area (Å²) in [5.74, 6) is -0.134. The van der Waals surface area contributed by atoms with E-state index >= 15 is 0 Å². The molecule has 1 aromatic carbocycles. The van der Waals surface area contributed by atoms with E-state index in [0.717, 1.165) is 16.6 Å². The van der Waals surface area contributed by atoms with Crippen LogP contribution in [0.3, 0.4) is 0 Å². The van der Waals surface area contributed by atoms with Crippen LogP contribution in [0, 0.1) is 0 Å². The summed E-state index contributed by atoms with van der Waals surface area (Å²) in [7, 11) is 0. The predicted molar refractivity (Wildman–Crippen MR) is 77.9 cm³/mol. The van der Waals surface area contributed by atoms with Gasteiger partial charge in [-0.2, -0.15) is 0 Å². The standard InChI is InChI=1S/C14H17BrN2O2/c1-3-5-12-14(19)17(9(2)13(18)16-12)11-7-4-6-10(15)8-11/h4,6-9,12H,3,5H2,1-2H3,(H,16,18). The lowest BCUT2D eigenvalue weighted by Gasteiger charge is -2.37. The largest absolute Gasteiger partial charge is 0.342 e. The SMILES string of the molecule is CCCC1NC(=O)C(C)N(c2cccc(Br)c2)C1=O. The van der Waals surface area contributed by atoms with Crippen LogP contribution in [0.5, 0.6) is 0 Å². The molecule has 2 unspecified atom stereocenters. The molecule has 1 aliphatic heterocycles. The minimum absolute atomic E-state index is 0.0351. The number of amides is 2. The number of rotatable bonds is 3. The predicted octanol–water partition coefficient (Wildman–Crippen LogP) is 2.47. The van der Waals surface area contributed by atoms with Gasteiger partial charge in [0.1, 0.15) is 12.1 Å².